The first kappa shape index (κ1) is 25.4. The number of carboxylic acid groups (broad SMARTS) is 1. The molecule has 0 fully saturated rings. The summed E-state index contributed by atoms with van der Waals surface area (Å²) in [6.07, 6.45) is -0.923. The smallest absolute Gasteiger partial charge is 0.431 e. The molecule has 2 aromatic carbocycles. The molecule has 12 heteroatoms. The third-order valence-electron chi connectivity index (χ3n) is 6.37. The van der Waals surface area contributed by atoms with E-state index in [-0.39, 0.29) is 36.4 Å². The molecule has 0 atom stereocenters. The summed E-state index contributed by atoms with van der Waals surface area (Å²) >= 11 is 6.12. The van der Waals surface area contributed by atoms with E-state index in [1.807, 2.05) is 0 Å². The zero-order valence-electron chi connectivity index (χ0n) is 20.0. The molecule has 1 aliphatic carbocycles. The summed E-state index contributed by atoms with van der Waals surface area (Å²) in [6.45, 7) is -0.354. The van der Waals surface area contributed by atoms with Crippen molar-refractivity contribution < 1.29 is 19.5 Å². The maximum atomic E-state index is 13.1. The zero-order chi connectivity index (χ0) is 27.8. The van der Waals surface area contributed by atoms with E-state index in [0.29, 0.717) is 43.3 Å². The first-order valence-corrected chi connectivity index (χ1v) is 12.0. The van der Waals surface area contributed by atoms with Crippen LogP contribution in [0.25, 0.3) is 22.4 Å². The summed E-state index contributed by atoms with van der Waals surface area (Å²) in [5.74, 6) is -0.720. The van der Waals surface area contributed by atoms with Crippen LogP contribution in [0.15, 0.2) is 64.2 Å². The van der Waals surface area contributed by atoms with Crippen molar-refractivity contribution in [2.24, 2.45) is 0 Å². The standard InChI is InChI=1S/C27H18ClN5O6/c28-16-4-1-15(12-29)18(9-16)19-10-25(37)32(20-7-8-22(34)26(19)20)13-24(36)30-17-5-2-14(3-6-17)21-11-23(35)31-33(21)27(38)39/h1-6,9-11H,7-8,13H2,(H,30,36)(H,31,35)(H,38,39). The van der Waals surface area contributed by atoms with Gasteiger partial charge < -0.3 is 15.0 Å². The first-order chi connectivity index (χ1) is 18.7. The molecule has 194 valence electrons. The summed E-state index contributed by atoms with van der Waals surface area (Å²) in [5.41, 5.74) is 1.51. The number of hydrogen-bond donors (Lipinski definition) is 3. The van der Waals surface area contributed by atoms with Gasteiger partial charge in [-0.05, 0) is 36.8 Å². The highest BCUT2D eigenvalue weighted by Gasteiger charge is 2.29. The Kier molecular flexibility index (Phi) is 6.47. The number of ketones is 1. The number of H-pyrrole nitrogens is 1. The van der Waals surface area contributed by atoms with Crippen LogP contribution < -0.4 is 16.4 Å². The maximum absolute atomic E-state index is 13.1. The molecule has 2 aromatic heterocycles. The SMILES string of the molecule is N#Cc1ccc(Cl)cc1-c1cc(=O)n(CC(=O)Nc2ccc(-c3cc(=O)[nH]n3C(=O)O)cc2)c2c1C(=O)CC2. The van der Waals surface area contributed by atoms with Crippen LogP contribution in [-0.4, -0.2) is 37.2 Å². The molecule has 5 rings (SSSR count). The van der Waals surface area contributed by atoms with Gasteiger partial charge in [0, 0.05) is 57.2 Å². The minimum atomic E-state index is -1.36. The Bertz CT molecular complexity index is 1840. The van der Waals surface area contributed by atoms with Gasteiger partial charge in [0.2, 0.25) is 5.91 Å². The molecule has 0 unspecified atom stereocenters. The fourth-order valence-corrected chi connectivity index (χ4v) is 4.84. The van der Waals surface area contributed by atoms with Crippen molar-refractivity contribution in [1.82, 2.24) is 14.3 Å². The normalized spacial score (nSPS) is 12.2. The lowest BCUT2D eigenvalue weighted by Crippen LogP contribution is -2.30. The van der Waals surface area contributed by atoms with Gasteiger partial charge in [-0.25, -0.2) is 4.79 Å². The van der Waals surface area contributed by atoms with Gasteiger partial charge in [-0.15, -0.1) is 0 Å². The van der Waals surface area contributed by atoms with E-state index in [9.17, 15) is 34.3 Å². The number of nitrogens with zero attached hydrogens (tertiary/aromatic N) is 3. The van der Waals surface area contributed by atoms with Crippen molar-refractivity contribution in [3.8, 4) is 28.5 Å². The Morgan fingerprint density at radius 3 is 2.46 bits per heavy atom. The molecule has 1 amide bonds. The molecule has 2 heterocycles. The summed E-state index contributed by atoms with van der Waals surface area (Å²) in [4.78, 5) is 61.7. The fourth-order valence-electron chi connectivity index (χ4n) is 4.67. The molecule has 1 aliphatic rings. The number of aromatic amines is 1. The Labute approximate surface area is 224 Å². The lowest BCUT2D eigenvalue weighted by atomic mass is 9.95. The second-order valence-corrected chi connectivity index (χ2v) is 9.21. The van der Waals surface area contributed by atoms with Crippen LogP contribution in [0, 0.1) is 11.3 Å². The van der Waals surface area contributed by atoms with Gasteiger partial charge >= 0.3 is 6.09 Å². The Hall–Kier alpha value is -5.21. The van der Waals surface area contributed by atoms with Crippen LogP contribution in [0.2, 0.25) is 5.02 Å². The summed E-state index contributed by atoms with van der Waals surface area (Å²) < 4.78 is 1.94. The number of Topliss-reactive ketones (excluding diaryl/α,β-unsaturated/α-hetero) is 1. The Balaban J connectivity index is 1.42. The summed E-state index contributed by atoms with van der Waals surface area (Å²) in [7, 11) is 0. The van der Waals surface area contributed by atoms with E-state index in [4.69, 9.17) is 11.6 Å². The van der Waals surface area contributed by atoms with Gasteiger partial charge in [0.1, 0.15) is 6.54 Å². The Morgan fingerprint density at radius 2 is 1.77 bits per heavy atom. The number of benzene rings is 2. The van der Waals surface area contributed by atoms with Crippen LogP contribution in [0.5, 0.6) is 0 Å². The minimum absolute atomic E-state index is 0.136. The number of amides is 1. The van der Waals surface area contributed by atoms with Gasteiger partial charge in [-0.1, -0.05) is 23.7 Å². The zero-order valence-corrected chi connectivity index (χ0v) is 20.8. The fraction of sp³-hybridized carbons (Fsp3) is 0.111. The van der Waals surface area contributed by atoms with Crippen molar-refractivity contribution >= 4 is 35.1 Å². The lowest BCUT2D eigenvalue weighted by molar-refractivity contribution is -0.116. The number of nitrogens with one attached hydrogen (secondary N) is 2. The molecule has 0 aliphatic heterocycles. The van der Waals surface area contributed by atoms with Crippen LogP contribution in [0.3, 0.4) is 0 Å². The minimum Gasteiger partial charge on any atom is -0.463 e. The van der Waals surface area contributed by atoms with E-state index in [0.717, 1.165) is 6.07 Å². The Morgan fingerprint density at radius 1 is 1.03 bits per heavy atom. The molecule has 11 nitrogen and oxygen atoms in total. The number of pyridine rings is 1. The molecule has 0 radical (unpaired) electrons. The van der Waals surface area contributed by atoms with Crippen molar-refractivity contribution in [2.75, 3.05) is 5.32 Å². The molecule has 0 spiro atoms. The molecular formula is C27H18ClN5O6. The number of rotatable bonds is 5. The number of carbonyl (C=O) groups is 3. The molecule has 0 saturated heterocycles. The predicted molar refractivity (Wildman–Crippen MR) is 141 cm³/mol. The summed E-state index contributed by atoms with van der Waals surface area (Å²) in [6, 6.07) is 15.2. The molecule has 39 heavy (non-hydrogen) atoms. The second kappa shape index (κ2) is 9.92. The number of hydrogen-bond acceptors (Lipinski definition) is 6. The highest BCUT2D eigenvalue weighted by atomic mass is 35.5. The topological polar surface area (TPSA) is 167 Å². The maximum Gasteiger partial charge on any atom is 0.431 e. The number of aromatic nitrogens is 3. The third kappa shape index (κ3) is 4.76. The van der Waals surface area contributed by atoms with E-state index >= 15 is 0 Å². The summed E-state index contributed by atoms with van der Waals surface area (Å²) in [5, 5.41) is 24.0. The van der Waals surface area contributed by atoms with Crippen molar-refractivity contribution in [2.45, 2.75) is 19.4 Å². The van der Waals surface area contributed by atoms with Crippen molar-refractivity contribution in [3.05, 3.63) is 97.1 Å². The van der Waals surface area contributed by atoms with Crippen LogP contribution in [0.4, 0.5) is 10.5 Å². The number of nitriles is 1. The molecule has 0 bridgehead atoms. The number of fused-ring (bicyclic) bond motifs is 1. The van der Waals surface area contributed by atoms with Gasteiger partial charge in [0.05, 0.1) is 17.3 Å². The first-order valence-electron chi connectivity index (χ1n) is 11.6. The van der Waals surface area contributed by atoms with Crippen LogP contribution in [-0.2, 0) is 17.8 Å². The number of halogens is 1. The average Bonchev–Trinajstić information content (AvgIpc) is 3.49. The highest BCUT2D eigenvalue weighted by molar-refractivity contribution is 6.31. The van der Waals surface area contributed by atoms with E-state index in [1.54, 1.807) is 6.07 Å². The highest BCUT2D eigenvalue weighted by Crippen LogP contribution is 2.34. The van der Waals surface area contributed by atoms with Crippen LogP contribution >= 0.6 is 11.6 Å². The quantitative estimate of drug-likeness (QED) is 0.346. The monoisotopic (exact) mass is 543 g/mol. The second-order valence-electron chi connectivity index (χ2n) is 8.78. The predicted octanol–water partition coefficient (Wildman–Crippen LogP) is 3.49. The van der Waals surface area contributed by atoms with Crippen molar-refractivity contribution in [3.63, 3.8) is 0 Å². The number of anilines is 1. The van der Waals surface area contributed by atoms with Crippen LogP contribution in [0.1, 0.15) is 28.0 Å². The largest absolute Gasteiger partial charge is 0.463 e. The lowest BCUT2D eigenvalue weighted by Gasteiger charge is -2.16. The van der Waals surface area contributed by atoms with Gasteiger partial charge in [-0.2, -0.15) is 9.94 Å². The number of carbonyl (C=O) groups excluding carboxylic acids is 2. The van der Waals surface area contributed by atoms with E-state index in [1.165, 1.54) is 47.0 Å². The van der Waals surface area contributed by atoms with Gasteiger partial charge in [-0.3, -0.25) is 24.3 Å². The van der Waals surface area contributed by atoms with E-state index in [2.05, 4.69) is 16.5 Å². The van der Waals surface area contributed by atoms with E-state index < -0.39 is 23.1 Å². The molecule has 0 saturated carbocycles. The third-order valence-corrected chi connectivity index (χ3v) is 6.60. The molecular weight excluding hydrogens is 526 g/mol. The van der Waals surface area contributed by atoms with Gasteiger partial charge in [0.25, 0.3) is 11.1 Å². The van der Waals surface area contributed by atoms with Gasteiger partial charge in [0.15, 0.2) is 5.78 Å². The molecule has 3 N–H and O–H groups in total. The molecule has 4 aromatic rings. The van der Waals surface area contributed by atoms with Crippen molar-refractivity contribution in [1.29, 1.82) is 5.26 Å². The average molecular weight is 544 g/mol.